The minimum atomic E-state index is -0.113. The van der Waals surface area contributed by atoms with E-state index in [4.69, 9.17) is 22.9 Å². The van der Waals surface area contributed by atoms with E-state index >= 15 is 0 Å². The van der Waals surface area contributed by atoms with Crippen LogP contribution in [-0.4, -0.2) is 23.8 Å². The van der Waals surface area contributed by atoms with Gasteiger partial charge in [0.15, 0.2) is 0 Å². The third-order valence-corrected chi connectivity index (χ3v) is 1.96. The monoisotopic (exact) mass is 254 g/mol. The van der Waals surface area contributed by atoms with E-state index in [1.807, 2.05) is 0 Å². The van der Waals surface area contributed by atoms with Gasteiger partial charge in [0.05, 0.1) is 11.9 Å². The van der Waals surface area contributed by atoms with Crippen molar-refractivity contribution in [2.24, 2.45) is 43.3 Å². The highest BCUT2D eigenvalue weighted by atomic mass is 15.3. The molecule has 0 heterocycles. The summed E-state index contributed by atoms with van der Waals surface area (Å²) in [6, 6.07) is 0. The summed E-state index contributed by atoms with van der Waals surface area (Å²) < 4.78 is 0. The minimum absolute atomic E-state index is 0.101. The Morgan fingerprint density at radius 1 is 0.889 bits per heavy atom. The molecule has 0 saturated heterocycles. The van der Waals surface area contributed by atoms with Crippen LogP contribution in [0.3, 0.4) is 0 Å². The summed E-state index contributed by atoms with van der Waals surface area (Å²) >= 11 is 0. The maximum Gasteiger partial charge on any atom is 0.211 e. The molecule has 0 bridgehead atoms. The van der Waals surface area contributed by atoms with E-state index in [-0.39, 0.29) is 11.9 Å². The lowest BCUT2D eigenvalue weighted by Gasteiger charge is -1.98. The van der Waals surface area contributed by atoms with Crippen LogP contribution in [-0.2, 0) is 0 Å². The Hall–Kier alpha value is -2.12. The molecule has 0 radical (unpaired) electrons. The molecule has 0 aromatic heterocycles. The molecule has 0 atom stereocenters. The fraction of sp³-hybridized carbons (Fsp3) is 0.600. The predicted molar refractivity (Wildman–Crippen MR) is 76.3 cm³/mol. The molecule has 18 heavy (non-hydrogen) atoms. The molecule has 8 N–H and O–H groups in total. The lowest BCUT2D eigenvalue weighted by Crippen LogP contribution is -2.22. The molecule has 8 heteroatoms. The Morgan fingerprint density at radius 2 is 1.56 bits per heavy atom. The fourth-order valence-corrected chi connectivity index (χ4v) is 1.16. The maximum absolute atomic E-state index is 5.20. The Bertz CT molecular complexity index is 334. The highest BCUT2D eigenvalue weighted by Crippen LogP contribution is 2.03. The lowest BCUT2D eigenvalue weighted by atomic mass is 10.1. The Kier molecular flexibility index (Phi) is 8.88. The molecule has 0 amide bonds. The first kappa shape index (κ1) is 15.9. The number of rotatable bonds is 8. The van der Waals surface area contributed by atoms with Crippen molar-refractivity contribution in [2.75, 3.05) is 0 Å². The van der Waals surface area contributed by atoms with Gasteiger partial charge < -0.3 is 22.9 Å². The SMILES string of the molecule is CCCCCCC(/C=N/N=C(N)N)=N\N=C(N)N. The summed E-state index contributed by atoms with van der Waals surface area (Å²) in [5.41, 5.74) is 21.3. The Balaban J connectivity index is 4.43. The second-order valence-corrected chi connectivity index (χ2v) is 3.70. The second kappa shape index (κ2) is 10.1. The van der Waals surface area contributed by atoms with Crippen LogP contribution >= 0.6 is 0 Å². The molecule has 0 spiro atoms. The molecule has 0 aliphatic carbocycles. The average Bonchev–Trinajstić information content (AvgIpc) is 2.30. The number of guanidine groups is 2. The van der Waals surface area contributed by atoms with Crippen molar-refractivity contribution in [1.82, 2.24) is 0 Å². The molecule has 8 nitrogen and oxygen atoms in total. The molecule has 0 unspecified atom stereocenters. The fourth-order valence-electron chi connectivity index (χ4n) is 1.16. The van der Waals surface area contributed by atoms with Gasteiger partial charge in [-0.3, -0.25) is 0 Å². The Morgan fingerprint density at radius 3 is 2.11 bits per heavy atom. The first-order valence-electron chi connectivity index (χ1n) is 5.83. The topological polar surface area (TPSA) is 154 Å². The summed E-state index contributed by atoms with van der Waals surface area (Å²) in [4.78, 5) is 0. The zero-order valence-electron chi connectivity index (χ0n) is 10.7. The number of nitrogens with zero attached hydrogens (tertiary/aromatic N) is 4. The van der Waals surface area contributed by atoms with Gasteiger partial charge in [0.1, 0.15) is 0 Å². The number of nitrogens with two attached hydrogens (primary N) is 4. The van der Waals surface area contributed by atoms with Crippen molar-refractivity contribution in [1.29, 1.82) is 0 Å². The molecule has 0 aromatic rings. The van der Waals surface area contributed by atoms with Gasteiger partial charge in [-0.2, -0.15) is 10.2 Å². The molecule has 0 aliphatic rings. The van der Waals surface area contributed by atoms with Gasteiger partial charge in [0, 0.05) is 0 Å². The molecule has 0 rings (SSSR count). The van der Waals surface area contributed by atoms with Crippen LogP contribution in [0.4, 0.5) is 0 Å². The second-order valence-electron chi connectivity index (χ2n) is 3.70. The third-order valence-electron chi connectivity index (χ3n) is 1.96. The molecular weight excluding hydrogens is 232 g/mol. The van der Waals surface area contributed by atoms with Crippen molar-refractivity contribution in [3.63, 3.8) is 0 Å². The van der Waals surface area contributed by atoms with Gasteiger partial charge in [-0.15, -0.1) is 10.2 Å². The molecule has 102 valence electrons. The number of hydrogen-bond acceptors (Lipinski definition) is 4. The molecule has 0 saturated carbocycles. The van der Waals surface area contributed by atoms with Gasteiger partial charge in [-0.05, 0) is 12.8 Å². The molecule has 0 aliphatic heterocycles. The number of hydrogen-bond donors (Lipinski definition) is 4. The van der Waals surface area contributed by atoms with Crippen molar-refractivity contribution < 1.29 is 0 Å². The van der Waals surface area contributed by atoms with E-state index in [9.17, 15) is 0 Å². The van der Waals surface area contributed by atoms with E-state index in [1.54, 1.807) is 0 Å². The summed E-state index contributed by atoms with van der Waals surface area (Å²) in [6.07, 6.45) is 6.62. The smallest absolute Gasteiger partial charge is 0.211 e. The normalized spacial score (nSPS) is 11.5. The first-order valence-corrected chi connectivity index (χ1v) is 5.83. The summed E-state index contributed by atoms with van der Waals surface area (Å²) in [5.74, 6) is -0.213. The first-order chi connectivity index (χ1) is 8.56. The minimum Gasteiger partial charge on any atom is -0.369 e. The number of unbranched alkanes of at least 4 members (excludes halogenated alkanes) is 3. The molecule has 0 aromatic carbocycles. The van der Waals surface area contributed by atoms with Crippen LogP contribution in [0, 0.1) is 0 Å². The summed E-state index contributed by atoms with van der Waals surface area (Å²) in [5, 5.41) is 14.6. The van der Waals surface area contributed by atoms with Crippen molar-refractivity contribution in [2.45, 2.75) is 39.0 Å². The zero-order valence-corrected chi connectivity index (χ0v) is 10.7. The largest absolute Gasteiger partial charge is 0.369 e. The third kappa shape index (κ3) is 10.4. The maximum atomic E-state index is 5.20. The van der Waals surface area contributed by atoms with Gasteiger partial charge in [0.25, 0.3) is 0 Å². The van der Waals surface area contributed by atoms with Crippen LogP contribution in [0.1, 0.15) is 39.0 Å². The molecular formula is C10H22N8. The predicted octanol–water partition coefficient (Wildman–Crippen LogP) is -0.155. The average molecular weight is 254 g/mol. The van der Waals surface area contributed by atoms with Gasteiger partial charge in [-0.1, -0.05) is 26.2 Å². The van der Waals surface area contributed by atoms with Crippen LogP contribution in [0.5, 0.6) is 0 Å². The van der Waals surface area contributed by atoms with E-state index in [0.29, 0.717) is 5.71 Å². The summed E-state index contributed by atoms with van der Waals surface area (Å²) in [6.45, 7) is 2.15. The van der Waals surface area contributed by atoms with Crippen molar-refractivity contribution in [3.8, 4) is 0 Å². The van der Waals surface area contributed by atoms with Crippen molar-refractivity contribution >= 4 is 23.8 Å². The van der Waals surface area contributed by atoms with E-state index in [1.165, 1.54) is 19.1 Å². The van der Waals surface area contributed by atoms with E-state index in [2.05, 4.69) is 27.3 Å². The standard InChI is InChI=1S/C10H22N8/c1-2-3-4-5-6-8(16-18-10(13)14)7-15-17-9(11)12/h7H,2-6H2,1H3,(H4,11,12,17)(H4,13,14,18)/b15-7+,16-8+. The molecule has 0 fully saturated rings. The van der Waals surface area contributed by atoms with Crippen LogP contribution < -0.4 is 22.9 Å². The van der Waals surface area contributed by atoms with Crippen LogP contribution in [0.25, 0.3) is 0 Å². The zero-order chi connectivity index (χ0) is 13.8. The van der Waals surface area contributed by atoms with E-state index < -0.39 is 0 Å². The van der Waals surface area contributed by atoms with Crippen molar-refractivity contribution in [3.05, 3.63) is 0 Å². The quantitative estimate of drug-likeness (QED) is 0.206. The van der Waals surface area contributed by atoms with Gasteiger partial charge in [-0.25, -0.2) is 0 Å². The lowest BCUT2D eigenvalue weighted by molar-refractivity contribution is 0.684. The van der Waals surface area contributed by atoms with Crippen LogP contribution in [0.15, 0.2) is 20.4 Å². The highest BCUT2D eigenvalue weighted by Gasteiger charge is 1.97. The summed E-state index contributed by atoms with van der Waals surface area (Å²) in [7, 11) is 0. The Labute approximate surface area is 107 Å². The van der Waals surface area contributed by atoms with Gasteiger partial charge in [0.2, 0.25) is 11.9 Å². The highest BCUT2D eigenvalue weighted by molar-refractivity contribution is 6.30. The van der Waals surface area contributed by atoms with Gasteiger partial charge >= 0.3 is 0 Å². The van der Waals surface area contributed by atoms with Crippen LogP contribution in [0.2, 0.25) is 0 Å². The van der Waals surface area contributed by atoms with E-state index in [0.717, 1.165) is 19.3 Å².